The number of nitrogens with zero attached hydrogens (tertiary/aromatic N) is 3. The first-order valence-electron chi connectivity index (χ1n) is 8.75. The van der Waals surface area contributed by atoms with Crippen LogP contribution in [0.5, 0.6) is 0 Å². The molecule has 0 bridgehead atoms. The van der Waals surface area contributed by atoms with E-state index in [1.54, 1.807) is 12.3 Å². The van der Waals surface area contributed by atoms with Crippen molar-refractivity contribution in [3.63, 3.8) is 0 Å². The lowest BCUT2D eigenvalue weighted by molar-refractivity contribution is 0.0378. The lowest BCUT2D eigenvalue weighted by Crippen LogP contribution is -2.37. The Morgan fingerprint density at radius 2 is 2.12 bits per heavy atom. The molecule has 2 N–H and O–H groups in total. The number of carbonyl (C=O) groups excluding carboxylic acids is 1. The van der Waals surface area contributed by atoms with Crippen molar-refractivity contribution >= 4 is 12.0 Å². The largest absolute Gasteiger partial charge is 0.444 e. The third kappa shape index (κ3) is 8.13. The van der Waals surface area contributed by atoms with Crippen molar-refractivity contribution in [3.8, 4) is 0 Å². The van der Waals surface area contributed by atoms with E-state index in [0.717, 1.165) is 51.5 Å². The number of anilines is 1. The van der Waals surface area contributed by atoms with Crippen LogP contribution >= 0.6 is 0 Å². The lowest BCUT2D eigenvalue weighted by Gasteiger charge is -2.26. The molecule has 0 atom stereocenters. The van der Waals surface area contributed by atoms with Gasteiger partial charge in [-0.25, -0.2) is 14.8 Å². The molecular formula is C17H29N5O3. The lowest BCUT2D eigenvalue weighted by atomic mass is 10.2. The molecule has 2 rings (SSSR count). The average Bonchev–Trinajstić information content (AvgIpc) is 2.57. The zero-order chi connectivity index (χ0) is 18.1. The minimum absolute atomic E-state index is 0.305. The Kier molecular flexibility index (Phi) is 7.39. The maximum Gasteiger partial charge on any atom is 0.407 e. The summed E-state index contributed by atoms with van der Waals surface area (Å²) in [7, 11) is 0. The van der Waals surface area contributed by atoms with Gasteiger partial charge in [0.1, 0.15) is 5.60 Å². The van der Waals surface area contributed by atoms with E-state index in [0.29, 0.717) is 12.5 Å². The molecule has 0 saturated carbocycles. The molecule has 2 heterocycles. The number of hydrogen-bond acceptors (Lipinski definition) is 7. The van der Waals surface area contributed by atoms with Gasteiger partial charge in [0.2, 0.25) is 5.95 Å². The van der Waals surface area contributed by atoms with Crippen LogP contribution in [0.2, 0.25) is 0 Å². The zero-order valence-electron chi connectivity index (χ0n) is 15.4. The molecule has 1 aromatic heterocycles. The van der Waals surface area contributed by atoms with Crippen LogP contribution in [0, 0.1) is 0 Å². The number of hydrogen-bond donors (Lipinski definition) is 2. The van der Waals surface area contributed by atoms with Crippen molar-refractivity contribution in [2.75, 3.05) is 44.7 Å². The van der Waals surface area contributed by atoms with Gasteiger partial charge >= 0.3 is 6.09 Å². The number of aromatic nitrogens is 2. The molecule has 140 valence electrons. The molecule has 1 amide bonds. The van der Waals surface area contributed by atoms with Gasteiger partial charge in [0.25, 0.3) is 0 Å². The van der Waals surface area contributed by atoms with Crippen LogP contribution in [-0.4, -0.2) is 66.0 Å². The van der Waals surface area contributed by atoms with Crippen LogP contribution in [0.3, 0.4) is 0 Å². The minimum Gasteiger partial charge on any atom is -0.444 e. The molecule has 25 heavy (non-hydrogen) atoms. The highest BCUT2D eigenvalue weighted by molar-refractivity contribution is 5.67. The molecule has 1 aliphatic heterocycles. The quantitative estimate of drug-likeness (QED) is 0.722. The number of rotatable bonds is 7. The maximum atomic E-state index is 11.7. The molecule has 1 fully saturated rings. The van der Waals surface area contributed by atoms with E-state index in [1.807, 2.05) is 20.8 Å². The van der Waals surface area contributed by atoms with Gasteiger partial charge in [-0.3, -0.25) is 4.90 Å². The van der Waals surface area contributed by atoms with Gasteiger partial charge in [0.05, 0.1) is 25.5 Å². The van der Waals surface area contributed by atoms with Crippen LogP contribution in [0.1, 0.15) is 32.9 Å². The average molecular weight is 351 g/mol. The smallest absolute Gasteiger partial charge is 0.407 e. The van der Waals surface area contributed by atoms with E-state index < -0.39 is 11.7 Å². The molecule has 0 aliphatic carbocycles. The fraction of sp³-hybridized carbons (Fsp3) is 0.706. The molecule has 0 radical (unpaired) electrons. The third-order valence-corrected chi connectivity index (χ3v) is 3.56. The van der Waals surface area contributed by atoms with E-state index in [9.17, 15) is 4.79 Å². The monoisotopic (exact) mass is 351 g/mol. The summed E-state index contributed by atoms with van der Waals surface area (Å²) in [6.45, 7) is 11.3. The van der Waals surface area contributed by atoms with E-state index in [-0.39, 0.29) is 0 Å². The summed E-state index contributed by atoms with van der Waals surface area (Å²) in [5.74, 6) is 0.575. The number of amides is 1. The Bertz CT molecular complexity index is 541. The minimum atomic E-state index is -0.511. The fourth-order valence-corrected chi connectivity index (χ4v) is 2.38. The normalized spacial score (nSPS) is 15.6. The molecule has 0 unspecified atom stereocenters. The summed E-state index contributed by atoms with van der Waals surface area (Å²) in [5.41, 5.74) is 0.222. The molecule has 1 aliphatic rings. The number of nitrogens with one attached hydrogen (secondary N) is 2. The summed E-state index contributed by atoms with van der Waals surface area (Å²) in [4.78, 5) is 22.7. The second-order valence-electron chi connectivity index (χ2n) is 6.96. The standard InChI is InChI=1S/C17H29N5O3/c1-17(2,3)25-16(23)20-13-14-5-7-19-15(21-14)18-6-4-8-22-9-11-24-12-10-22/h5,7H,4,6,8-13H2,1-3H3,(H,20,23)(H,18,19,21). The molecule has 8 heteroatoms. The zero-order valence-corrected chi connectivity index (χ0v) is 15.4. The first-order chi connectivity index (χ1) is 11.9. The van der Waals surface area contributed by atoms with Gasteiger partial charge in [-0.1, -0.05) is 0 Å². The third-order valence-electron chi connectivity index (χ3n) is 3.56. The van der Waals surface area contributed by atoms with Crippen molar-refractivity contribution in [2.24, 2.45) is 0 Å². The first kappa shape index (κ1) is 19.4. The highest BCUT2D eigenvalue weighted by Gasteiger charge is 2.16. The number of alkyl carbamates (subject to hydrolysis) is 1. The summed E-state index contributed by atoms with van der Waals surface area (Å²) >= 11 is 0. The molecule has 8 nitrogen and oxygen atoms in total. The number of carbonyl (C=O) groups is 1. The van der Waals surface area contributed by atoms with E-state index in [1.165, 1.54) is 0 Å². The Morgan fingerprint density at radius 1 is 1.36 bits per heavy atom. The highest BCUT2D eigenvalue weighted by Crippen LogP contribution is 2.07. The van der Waals surface area contributed by atoms with E-state index >= 15 is 0 Å². The maximum absolute atomic E-state index is 11.7. The van der Waals surface area contributed by atoms with Crippen LogP contribution < -0.4 is 10.6 Å². The van der Waals surface area contributed by atoms with Crippen LogP contribution in [0.25, 0.3) is 0 Å². The van der Waals surface area contributed by atoms with Gasteiger partial charge in [-0.05, 0) is 39.8 Å². The molecule has 1 aromatic rings. The number of ether oxygens (including phenoxy) is 2. The Labute approximate surface area is 149 Å². The van der Waals surface area contributed by atoms with Gasteiger partial charge in [-0.15, -0.1) is 0 Å². The van der Waals surface area contributed by atoms with Crippen LogP contribution in [0.4, 0.5) is 10.7 Å². The van der Waals surface area contributed by atoms with Gasteiger partial charge in [0, 0.05) is 25.8 Å². The molecule has 1 saturated heterocycles. The van der Waals surface area contributed by atoms with E-state index in [4.69, 9.17) is 9.47 Å². The molecule has 0 aromatic carbocycles. The van der Waals surface area contributed by atoms with Gasteiger partial charge in [0.15, 0.2) is 0 Å². The predicted molar refractivity (Wildman–Crippen MR) is 95.5 cm³/mol. The SMILES string of the molecule is CC(C)(C)OC(=O)NCc1ccnc(NCCCN2CCOCC2)n1. The Hall–Kier alpha value is -1.93. The summed E-state index contributed by atoms with van der Waals surface area (Å²) in [5, 5.41) is 5.92. The van der Waals surface area contributed by atoms with Gasteiger partial charge in [-0.2, -0.15) is 0 Å². The molecule has 0 spiro atoms. The van der Waals surface area contributed by atoms with Crippen LogP contribution in [0.15, 0.2) is 12.3 Å². The van der Waals surface area contributed by atoms with Crippen molar-refractivity contribution in [3.05, 3.63) is 18.0 Å². The Morgan fingerprint density at radius 3 is 2.84 bits per heavy atom. The highest BCUT2D eigenvalue weighted by atomic mass is 16.6. The predicted octanol–water partition coefficient (Wildman–Crippen LogP) is 1.64. The van der Waals surface area contributed by atoms with E-state index in [2.05, 4.69) is 25.5 Å². The Balaban J connectivity index is 1.68. The summed E-state index contributed by atoms with van der Waals surface area (Å²) in [6.07, 6.45) is 2.25. The molecular weight excluding hydrogens is 322 g/mol. The van der Waals surface area contributed by atoms with Crippen LogP contribution in [-0.2, 0) is 16.0 Å². The topological polar surface area (TPSA) is 88.6 Å². The van der Waals surface area contributed by atoms with Crippen molar-refractivity contribution in [2.45, 2.75) is 39.3 Å². The second kappa shape index (κ2) is 9.53. The van der Waals surface area contributed by atoms with Crippen molar-refractivity contribution in [1.29, 1.82) is 0 Å². The van der Waals surface area contributed by atoms with Crippen molar-refractivity contribution in [1.82, 2.24) is 20.2 Å². The summed E-state index contributed by atoms with van der Waals surface area (Å²) in [6, 6.07) is 1.77. The first-order valence-corrected chi connectivity index (χ1v) is 8.75. The summed E-state index contributed by atoms with van der Waals surface area (Å²) < 4.78 is 10.5. The van der Waals surface area contributed by atoms with Crippen molar-refractivity contribution < 1.29 is 14.3 Å². The van der Waals surface area contributed by atoms with Gasteiger partial charge < -0.3 is 20.1 Å². The second-order valence-corrected chi connectivity index (χ2v) is 6.96. The number of morpholine rings is 1. The fourth-order valence-electron chi connectivity index (χ4n) is 2.38.